The van der Waals surface area contributed by atoms with Crippen molar-refractivity contribution in [3.05, 3.63) is 58.4 Å². The van der Waals surface area contributed by atoms with Crippen molar-refractivity contribution in [2.75, 3.05) is 13.2 Å². The predicted molar refractivity (Wildman–Crippen MR) is 249 cm³/mol. The number of dihydropyridines is 1. The number of nitrogens with one attached hydrogen (secondary N) is 3. The summed E-state index contributed by atoms with van der Waals surface area (Å²) in [5.41, 5.74) is 5.11. The third kappa shape index (κ3) is 20.7. The number of hydrazone groups is 2. The van der Waals surface area contributed by atoms with Crippen molar-refractivity contribution < 1.29 is 105 Å². The SMILES string of the molecule is CC(=O)OC[C@@H](OC(C)=O)[C@@H](OC(C)=O)[C@H](OC(C)=O)[C@H](/C=N\NC(=O)C1=C(C)NC(C)=C(C(=O)N/N=C\[C@H](OC(C)=O)[C@@H](OC(C)=O)[C@H](OC(C)=O)[C@@H](COC(C)=O)OC(C)=O)C1c1ccccc1)OC(C)=O. The number of allylic oxidation sites excluding steroid dienone is 2. The molecule has 0 fully saturated rings. The Morgan fingerprint density at radius 1 is 0.459 bits per heavy atom. The summed E-state index contributed by atoms with van der Waals surface area (Å²) in [4.78, 5) is 151. The first-order valence-corrected chi connectivity index (χ1v) is 22.2. The van der Waals surface area contributed by atoms with E-state index in [4.69, 9.17) is 47.4 Å². The molecule has 2 rings (SSSR count). The highest BCUT2D eigenvalue weighted by atomic mass is 16.7. The van der Waals surface area contributed by atoms with Gasteiger partial charge in [0, 0.05) is 97.7 Å². The van der Waals surface area contributed by atoms with Crippen molar-refractivity contribution >= 4 is 83.9 Å². The molecule has 8 atom stereocenters. The first-order chi connectivity index (χ1) is 34.6. The van der Waals surface area contributed by atoms with Gasteiger partial charge in [-0.05, 0) is 19.4 Å². The summed E-state index contributed by atoms with van der Waals surface area (Å²) in [6, 6.07) is 8.10. The lowest BCUT2D eigenvalue weighted by atomic mass is 9.80. The van der Waals surface area contributed by atoms with Gasteiger partial charge in [-0.25, -0.2) is 10.9 Å². The number of hydrogen-bond donors (Lipinski definition) is 3. The normalized spacial score (nSPS) is 16.5. The van der Waals surface area contributed by atoms with Crippen molar-refractivity contribution in [1.29, 1.82) is 0 Å². The summed E-state index contributed by atoms with van der Waals surface area (Å²) < 4.78 is 52.9. The Hall–Kier alpha value is -8.52. The number of hydrogen-bond acceptors (Lipinski definition) is 25. The van der Waals surface area contributed by atoms with Crippen LogP contribution >= 0.6 is 0 Å². The maximum Gasteiger partial charge on any atom is 0.303 e. The molecule has 0 aromatic heterocycles. The van der Waals surface area contributed by atoms with Gasteiger partial charge in [0.15, 0.2) is 48.8 Å². The van der Waals surface area contributed by atoms with Gasteiger partial charge in [0.05, 0.1) is 12.4 Å². The minimum atomic E-state index is -1.87. The molecule has 1 aromatic rings. The van der Waals surface area contributed by atoms with E-state index >= 15 is 0 Å². The molecule has 27 heteroatoms. The van der Waals surface area contributed by atoms with Gasteiger partial charge in [0.1, 0.15) is 13.2 Å². The molecule has 1 aromatic carbocycles. The van der Waals surface area contributed by atoms with Crippen molar-refractivity contribution in [3.8, 4) is 0 Å². The van der Waals surface area contributed by atoms with E-state index in [2.05, 4.69) is 26.4 Å². The van der Waals surface area contributed by atoms with Crippen molar-refractivity contribution in [2.45, 2.75) is 138 Å². The predicted octanol–water partition coefficient (Wildman–Crippen LogP) is 0.705. The van der Waals surface area contributed by atoms with Crippen LogP contribution in [-0.2, 0) is 105 Å². The fourth-order valence-electron chi connectivity index (χ4n) is 7.12. The topological polar surface area (TPSA) is 358 Å². The quantitative estimate of drug-likeness (QED) is 0.0525. The maximum atomic E-state index is 14.3. The monoisotopic (exact) mass is 1050 g/mol. The summed E-state index contributed by atoms with van der Waals surface area (Å²) in [6.45, 7) is 11.4. The Morgan fingerprint density at radius 2 is 0.770 bits per heavy atom. The third-order valence-corrected chi connectivity index (χ3v) is 9.53. The Kier molecular flexibility index (Phi) is 24.8. The van der Waals surface area contributed by atoms with Gasteiger partial charge >= 0.3 is 59.7 Å². The largest absolute Gasteiger partial charge is 0.462 e. The molecule has 0 unspecified atom stereocenters. The number of carbonyl (C=O) groups excluding carboxylic acids is 12. The van der Waals surface area contributed by atoms with Crippen molar-refractivity contribution in [2.24, 2.45) is 10.2 Å². The molecule has 404 valence electrons. The molecular weight excluding hydrogens is 987 g/mol. The van der Waals surface area contributed by atoms with Crippen LogP contribution in [0.15, 0.2) is 63.1 Å². The molecular formula is C47H59N5O22. The highest BCUT2D eigenvalue weighted by Gasteiger charge is 2.45. The van der Waals surface area contributed by atoms with E-state index in [1.807, 2.05) is 0 Å². The molecule has 0 spiro atoms. The summed E-state index contributed by atoms with van der Waals surface area (Å²) in [5.74, 6) is -12.8. The lowest BCUT2D eigenvalue weighted by Crippen LogP contribution is -2.53. The number of carbonyl (C=O) groups is 12. The van der Waals surface area contributed by atoms with Crippen LogP contribution in [0.2, 0.25) is 0 Å². The highest BCUT2D eigenvalue weighted by molar-refractivity contribution is 6.04. The van der Waals surface area contributed by atoms with E-state index < -0.39 is 139 Å². The van der Waals surface area contributed by atoms with E-state index in [0.717, 1.165) is 81.7 Å². The number of benzene rings is 1. The summed E-state index contributed by atoms with van der Waals surface area (Å²) in [6.07, 6.45) is -12.7. The highest BCUT2D eigenvalue weighted by Crippen LogP contribution is 2.38. The second-order valence-corrected chi connectivity index (χ2v) is 15.8. The second-order valence-electron chi connectivity index (χ2n) is 15.8. The standard InChI is InChI=1S/C47H59N5O22/c1-22-39(46(63)51-48-18-35(67-26(5)55)42(71-30(9)59)44(73-32(11)61)37(69-28(7)57)20-65-24(3)53)41(34-16-14-13-15-17-34)40(23(2)50-22)47(64)52-49-19-36(68-27(6)56)43(72-31(10)60)45(74-33(12)62)38(70-29(8)58)21-66-25(4)54/h13-19,35-38,41-45,50H,20-21H2,1-12H3,(H,51,63)(H,52,64)/b48-18-,49-19-/t35-,36-,37+,38+,42+,43+,44+,45+/m0/s1. The number of amides is 2. The van der Waals surface area contributed by atoms with Gasteiger partial charge < -0.3 is 52.7 Å². The van der Waals surface area contributed by atoms with Crippen molar-refractivity contribution in [1.82, 2.24) is 16.2 Å². The Bertz CT molecular complexity index is 2270. The van der Waals surface area contributed by atoms with Crippen LogP contribution < -0.4 is 16.2 Å². The fourth-order valence-corrected chi connectivity index (χ4v) is 7.12. The Labute approximate surface area is 423 Å². The molecule has 27 nitrogen and oxygen atoms in total. The lowest BCUT2D eigenvalue weighted by molar-refractivity contribution is -0.197. The zero-order valence-electron chi connectivity index (χ0n) is 42.5. The van der Waals surface area contributed by atoms with Gasteiger partial charge in [-0.1, -0.05) is 30.3 Å². The van der Waals surface area contributed by atoms with Crippen LogP contribution in [0, 0.1) is 0 Å². The van der Waals surface area contributed by atoms with Gasteiger partial charge in [-0.3, -0.25) is 57.5 Å². The first-order valence-electron chi connectivity index (χ1n) is 22.2. The Morgan fingerprint density at radius 3 is 1.07 bits per heavy atom. The fraction of sp³-hybridized carbons (Fsp3) is 0.489. The molecule has 3 N–H and O–H groups in total. The molecule has 0 saturated carbocycles. The van der Waals surface area contributed by atoms with Crippen LogP contribution in [0.25, 0.3) is 0 Å². The minimum absolute atomic E-state index is 0.121. The van der Waals surface area contributed by atoms with E-state index in [0.29, 0.717) is 5.56 Å². The third-order valence-electron chi connectivity index (χ3n) is 9.53. The van der Waals surface area contributed by atoms with Crippen LogP contribution in [0.3, 0.4) is 0 Å². The molecule has 1 aliphatic rings. The van der Waals surface area contributed by atoms with Gasteiger partial charge in [0.2, 0.25) is 0 Å². The summed E-state index contributed by atoms with van der Waals surface area (Å²) in [7, 11) is 0. The average Bonchev–Trinajstić information content (AvgIpc) is 3.27. The number of esters is 10. The zero-order chi connectivity index (χ0) is 56.0. The van der Waals surface area contributed by atoms with Crippen LogP contribution in [0.1, 0.15) is 94.6 Å². The van der Waals surface area contributed by atoms with Crippen LogP contribution in [-0.4, -0.2) is 146 Å². The number of ether oxygens (including phenoxy) is 10. The molecule has 74 heavy (non-hydrogen) atoms. The van der Waals surface area contributed by atoms with Gasteiger partial charge in [0.25, 0.3) is 11.8 Å². The number of rotatable bonds is 25. The maximum absolute atomic E-state index is 14.3. The summed E-state index contributed by atoms with van der Waals surface area (Å²) >= 11 is 0. The van der Waals surface area contributed by atoms with E-state index in [9.17, 15) is 57.5 Å². The summed E-state index contributed by atoms with van der Waals surface area (Å²) in [5, 5.41) is 10.9. The Balaban J connectivity index is 2.72. The van der Waals surface area contributed by atoms with Gasteiger partial charge in [-0.2, -0.15) is 10.2 Å². The molecule has 0 radical (unpaired) electrons. The minimum Gasteiger partial charge on any atom is -0.462 e. The van der Waals surface area contributed by atoms with Crippen molar-refractivity contribution in [3.63, 3.8) is 0 Å². The molecule has 0 aliphatic carbocycles. The van der Waals surface area contributed by atoms with Crippen LogP contribution in [0.5, 0.6) is 0 Å². The second kappa shape index (κ2) is 29.7. The average molecular weight is 1050 g/mol. The molecule has 2 amide bonds. The zero-order valence-corrected chi connectivity index (χ0v) is 42.5. The lowest BCUT2D eigenvalue weighted by Gasteiger charge is -2.34. The first kappa shape index (κ1) is 61.6. The molecule has 1 aliphatic heterocycles. The van der Waals surface area contributed by atoms with E-state index in [-0.39, 0.29) is 22.5 Å². The van der Waals surface area contributed by atoms with Gasteiger partial charge in [-0.15, -0.1) is 0 Å². The van der Waals surface area contributed by atoms with Crippen LogP contribution in [0.4, 0.5) is 0 Å². The number of nitrogens with zero attached hydrogens (tertiary/aromatic N) is 2. The van der Waals surface area contributed by atoms with E-state index in [1.165, 1.54) is 13.8 Å². The molecule has 0 saturated heterocycles. The molecule has 0 bridgehead atoms. The molecule has 1 heterocycles. The van der Waals surface area contributed by atoms with E-state index in [1.54, 1.807) is 30.3 Å². The smallest absolute Gasteiger partial charge is 0.303 e.